The van der Waals surface area contributed by atoms with E-state index in [9.17, 15) is 14.7 Å². The van der Waals surface area contributed by atoms with Crippen LogP contribution in [-0.2, 0) is 4.79 Å². The van der Waals surface area contributed by atoms with E-state index in [2.05, 4.69) is 5.32 Å². The second kappa shape index (κ2) is 8.87. The number of aryl methyl sites for hydroxylation is 1. The van der Waals surface area contributed by atoms with Crippen LogP contribution in [0.4, 0.5) is 0 Å². The number of amides is 1. The summed E-state index contributed by atoms with van der Waals surface area (Å²) in [5.41, 5.74) is 2.22. The quantitative estimate of drug-likeness (QED) is 0.800. The van der Waals surface area contributed by atoms with E-state index in [1.807, 2.05) is 26.0 Å². The summed E-state index contributed by atoms with van der Waals surface area (Å²) in [5, 5.41) is 13.8. The van der Waals surface area contributed by atoms with Crippen molar-refractivity contribution in [3.8, 4) is 5.75 Å². The summed E-state index contributed by atoms with van der Waals surface area (Å²) >= 11 is 0. The lowest BCUT2D eigenvalue weighted by Gasteiger charge is -2.20. The number of nitrogens with one attached hydrogen (secondary N) is 1. The van der Waals surface area contributed by atoms with E-state index in [0.29, 0.717) is 23.5 Å². The number of carbonyl (C=O) groups excluding carboxylic acids is 2. The molecule has 2 rings (SSSR count). The van der Waals surface area contributed by atoms with E-state index >= 15 is 0 Å². The highest BCUT2D eigenvalue weighted by molar-refractivity contribution is 5.94. The molecule has 0 aliphatic heterocycles. The van der Waals surface area contributed by atoms with Crippen molar-refractivity contribution >= 4 is 11.9 Å². The fourth-order valence-electron chi connectivity index (χ4n) is 2.38. The molecule has 0 radical (unpaired) electrons. The number of carbonyl (C=O) groups is 2. The van der Waals surface area contributed by atoms with Crippen molar-refractivity contribution in [3.05, 3.63) is 65.2 Å². The predicted molar refractivity (Wildman–Crippen MR) is 93.2 cm³/mol. The number of carboxylic acid groups (broad SMARTS) is 1. The topological polar surface area (TPSA) is 78.5 Å². The molecule has 5 nitrogen and oxygen atoms in total. The molecule has 0 saturated carbocycles. The fourth-order valence-corrected chi connectivity index (χ4v) is 2.38. The normalized spacial score (nSPS) is 11.6. The standard InChI is InChI=1S/C20H23NO4/c1-3-12-25-17-10-8-15(9-11-17)18(13-19(22)23)21-20(24)16-6-4-14(2)5-7-16/h4-11,18H,3,12-13H2,1-2H3,(H,21,24)(H,22,23)/p-1/t18-/m1/s1. The highest BCUT2D eigenvalue weighted by atomic mass is 16.5. The summed E-state index contributed by atoms with van der Waals surface area (Å²) in [6.45, 7) is 4.57. The molecule has 25 heavy (non-hydrogen) atoms. The Kier molecular flexibility index (Phi) is 6.57. The van der Waals surface area contributed by atoms with Gasteiger partial charge in [-0.05, 0) is 43.2 Å². The molecule has 0 saturated heterocycles. The molecule has 1 N–H and O–H groups in total. The van der Waals surface area contributed by atoms with Crippen molar-refractivity contribution in [2.24, 2.45) is 0 Å². The lowest BCUT2D eigenvalue weighted by Crippen LogP contribution is -2.34. The average Bonchev–Trinajstić information content (AvgIpc) is 2.60. The zero-order valence-corrected chi connectivity index (χ0v) is 14.5. The lowest BCUT2D eigenvalue weighted by atomic mass is 10.0. The molecule has 0 aromatic heterocycles. The van der Waals surface area contributed by atoms with Gasteiger partial charge in [0, 0.05) is 18.0 Å². The monoisotopic (exact) mass is 340 g/mol. The Labute approximate surface area is 147 Å². The van der Waals surface area contributed by atoms with Gasteiger partial charge < -0.3 is 20.0 Å². The highest BCUT2D eigenvalue weighted by Gasteiger charge is 2.16. The van der Waals surface area contributed by atoms with Crippen molar-refractivity contribution in [2.45, 2.75) is 32.7 Å². The predicted octanol–water partition coefficient (Wildman–Crippen LogP) is 2.39. The Morgan fingerprint density at radius 2 is 1.72 bits per heavy atom. The lowest BCUT2D eigenvalue weighted by molar-refractivity contribution is -0.306. The van der Waals surface area contributed by atoms with E-state index in [1.165, 1.54) is 0 Å². The van der Waals surface area contributed by atoms with Gasteiger partial charge >= 0.3 is 0 Å². The molecule has 0 unspecified atom stereocenters. The molecule has 0 bridgehead atoms. The van der Waals surface area contributed by atoms with Crippen LogP contribution in [0.1, 0.15) is 47.3 Å². The van der Waals surface area contributed by atoms with Gasteiger partial charge in [0.1, 0.15) is 5.75 Å². The number of ether oxygens (including phenoxy) is 1. The summed E-state index contributed by atoms with van der Waals surface area (Å²) in [4.78, 5) is 23.4. The first-order valence-electron chi connectivity index (χ1n) is 8.29. The highest BCUT2D eigenvalue weighted by Crippen LogP contribution is 2.21. The third-order valence-electron chi connectivity index (χ3n) is 3.75. The van der Waals surface area contributed by atoms with Crippen LogP contribution < -0.4 is 15.2 Å². The smallest absolute Gasteiger partial charge is 0.251 e. The van der Waals surface area contributed by atoms with Crippen molar-refractivity contribution in [1.82, 2.24) is 5.32 Å². The van der Waals surface area contributed by atoms with E-state index in [1.54, 1.807) is 36.4 Å². The number of hydrogen-bond acceptors (Lipinski definition) is 4. The number of benzene rings is 2. The summed E-state index contributed by atoms with van der Waals surface area (Å²) < 4.78 is 5.52. The summed E-state index contributed by atoms with van der Waals surface area (Å²) in [7, 11) is 0. The molecule has 0 aliphatic rings. The van der Waals surface area contributed by atoms with Crippen LogP contribution >= 0.6 is 0 Å². The number of carboxylic acids is 1. The van der Waals surface area contributed by atoms with Crippen molar-refractivity contribution < 1.29 is 19.4 Å². The Balaban J connectivity index is 2.13. The van der Waals surface area contributed by atoms with Gasteiger partial charge in [0.2, 0.25) is 0 Å². The third kappa shape index (κ3) is 5.64. The van der Waals surface area contributed by atoms with Crippen LogP contribution in [0.15, 0.2) is 48.5 Å². The molecule has 1 amide bonds. The zero-order chi connectivity index (χ0) is 18.2. The first-order valence-corrected chi connectivity index (χ1v) is 8.29. The van der Waals surface area contributed by atoms with Crippen molar-refractivity contribution in [2.75, 3.05) is 6.61 Å². The molecule has 2 aromatic carbocycles. The Morgan fingerprint density at radius 3 is 2.28 bits per heavy atom. The molecule has 132 valence electrons. The van der Waals surface area contributed by atoms with Gasteiger partial charge in [0.25, 0.3) is 5.91 Å². The van der Waals surface area contributed by atoms with E-state index < -0.39 is 12.0 Å². The zero-order valence-electron chi connectivity index (χ0n) is 14.5. The Morgan fingerprint density at radius 1 is 1.08 bits per heavy atom. The van der Waals surface area contributed by atoms with Crippen LogP contribution in [0.2, 0.25) is 0 Å². The molecule has 2 aromatic rings. The van der Waals surface area contributed by atoms with Gasteiger partial charge in [-0.2, -0.15) is 0 Å². The van der Waals surface area contributed by atoms with Crippen LogP contribution in [0.25, 0.3) is 0 Å². The maximum absolute atomic E-state index is 12.4. The van der Waals surface area contributed by atoms with Crippen LogP contribution in [0.5, 0.6) is 5.75 Å². The van der Waals surface area contributed by atoms with E-state index in [0.717, 1.165) is 12.0 Å². The summed E-state index contributed by atoms with van der Waals surface area (Å²) in [6, 6.07) is 13.5. The first-order chi connectivity index (χ1) is 12.0. The van der Waals surface area contributed by atoms with Crippen LogP contribution in [0, 0.1) is 6.92 Å². The second-order valence-electron chi connectivity index (χ2n) is 5.89. The van der Waals surface area contributed by atoms with Gasteiger partial charge in [-0.15, -0.1) is 0 Å². The third-order valence-corrected chi connectivity index (χ3v) is 3.75. The Bertz CT molecular complexity index is 707. The molecule has 5 heteroatoms. The molecular formula is C20H22NO4-. The number of hydrogen-bond donors (Lipinski definition) is 1. The molecule has 0 spiro atoms. The van der Waals surface area contributed by atoms with Gasteiger partial charge in [0.05, 0.1) is 12.6 Å². The largest absolute Gasteiger partial charge is 0.550 e. The fraction of sp³-hybridized carbons (Fsp3) is 0.300. The second-order valence-corrected chi connectivity index (χ2v) is 5.89. The number of rotatable bonds is 8. The minimum atomic E-state index is -1.22. The van der Waals surface area contributed by atoms with Crippen molar-refractivity contribution in [3.63, 3.8) is 0 Å². The summed E-state index contributed by atoms with van der Waals surface area (Å²) in [6.07, 6.45) is 0.606. The van der Waals surface area contributed by atoms with E-state index in [4.69, 9.17) is 4.74 Å². The van der Waals surface area contributed by atoms with Gasteiger partial charge in [0.15, 0.2) is 0 Å². The number of aliphatic carboxylic acids is 1. The Hall–Kier alpha value is -2.82. The molecule has 0 aliphatic carbocycles. The minimum absolute atomic E-state index is 0.299. The van der Waals surface area contributed by atoms with Crippen LogP contribution in [0.3, 0.4) is 0 Å². The molecular weight excluding hydrogens is 318 g/mol. The minimum Gasteiger partial charge on any atom is -0.550 e. The van der Waals surface area contributed by atoms with Crippen molar-refractivity contribution in [1.29, 1.82) is 0 Å². The molecule has 0 fully saturated rings. The van der Waals surface area contributed by atoms with Gasteiger partial charge in [-0.25, -0.2) is 0 Å². The van der Waals surface area contributed by atoms with Gasteiger partial charge in [-0.1, -0.05) is 36.8 Å². The molecule has 1 atom stereocenters. The summed E-state index contributed by atoms with van der Waals surface area (Å²) in [5.74, 6) is -0.833. The first kappa shape index (κ1) is 18.5. The average molecular weight is 340 g/mol. The van der Waals surface area contributed by atoms with Crippen LogP contribution in [-0.4, -0.2) is 18.5 Å². The molecule has 0 heterocycles. The van der Waals surface area contributed by atoms with Gasteiger partial charge in [-0.3, -0.25) is 4.79 Å². The maximum atomic E-state index is 12.4. The SMILES string of the molecule is CCCOc1ccc([C@@H](CC(=O)[O-])NC(=O)c2ccc(C)cc2)cc1. The van der Waals surface area contributed by atoms with E-state index in [-0.39, 0.29) is 12.3 Å². The maximum Gasteiger partial charge on any atom is 0.251 e.